The zero-order valence-electron chi connectivity index (χ0n) is 61.5. The number of halogens is 2. The van der Waals surface area contributed by atoms with Crippen molar-refractivity contribution in [3.8, 4) is 71.5 Å². The Labute approximate surface area is 629 Å². The number of benzene rings is 3. The number of hydrogen-bond acceptors (Lipinski definition) is 18. The smallest absolute Gasteiger partial charge is 0.340 e. The van der Waals surface area contributed by atoms with Crippen molar-refractivity contribution in [3.05, 3.63) is 163 Å². The van der Waals surface area contributed by atoms with Gasteiger partial charge in [0.2, 0.25) is 0 Å². The van der Waals surface area contributed by atoms with Gasteiger partial charge in [-0.15, -0.1) is 34.0 Å². The van der Waals surface area contributed by atoms with Crippen molar-refractivity contribution in [2.45, 2.75) is 184 Å². The first kappa shape index (κ1) is 81.0. The van der Waals surface area contributed by atoms with E-state index in [2.05, 4.69) is 40.5 Å². The molecule has 3 aliphatic heterocycles. The van der Waals surface area contributed by atoms with E-state index in [4.69, 9.17) is 63.4 Å². The van der Waals surface area contributed by atoms with Gasteiger partial charge < -0.3 is 61.3 Å². The van der Waals surface area contributed by atoms with Crippen LogP contribution in [0.25, 0.3) is 54.3 Å². The van der Waals surface area contributed by atoms with Gasteiger partial charge in [-0.2, -0.15) is 0 Å². The molecule has 0 amide bonds. The van der Waals surface area contributed by atoms with E-state index in [9.17, 15) is 19.5 Å². The Bertz CT molecular complexity index is 4170. The molecule has 102 heavy (non-hydrogen) atoms. The van der Waals surface area contributed by atoms with Crippen LogP contribution in [0.5, 0.6) is 17.2 Å². The van der Waals surface area contributed by atoms with Crippen molar-refractivity contribution in [1.82, 2.24) is 0 Å². The second-order valence-electron chi connectivity index (χ2n) is 27.4. The summed E-state index contributed by atoms with van der Waals surface area (Å²) in [6.45, 7) is 31.9. The Morgan fingerprint density at radius 2 is 0.902 bits per heavy atom. The van der Waals surface area contributed by atoms with Crippen molar-refractivity contribution in [1.29, 1.82) is 0 Å². The molecule has 3 aromatic carbocycles. The molecule has 12 rings (SSSR count). The van der Waals surface area contributed by atoms with Gasteiger partial charge in [-0.25, -0.2) is 14.4 Å². The minimum atomic E-state index is -1.07. The van der Waals surface area contributed by atoms with Gasteiger partial charge in [-0.1, -0.05) is 29.8 Å². The summed E-state index contributed by atoms with van der Waals surface area (Å²) >= 11 is 11.9. The largest absolute Gasteiger partial charge is 0.493 e. The van der Waals surface area contributed by atoms with Crippen molar-refractivity contribution in [2.75, 3.05) is 42.4 Å². The third kappa shape index (κ3) is 21.7. The zero-order chi connectivity index (χ0) is 74.1. The molecule has 22 heteroatoms. The number of carbonyl (C=O) groups excluding carboxylic acids is 2. The number of carboxylic acids is 1. The number of alkyl halides is 2. The first-order valence-electron chi connectivity index (χ1n) is 34.5. The average molecular weight is 1580 g/mol. The minimum Gasteiger partial charge on any atom is -0.493 e. The van der Waals surface area contributed by atoms with Crippen molar-refractivity contribution >= 4 is 76.5 Å². The molecule has 0 spiro atoms. The van der Waals surface area contributed by atoms with Gasteiger partial charge in [-0.05, 0) is 229 Å². The number of fused-ring (bicyclic) bond motifs is 3. The second-order valence-corrected chi connectivity index (χ2v) is 34.3. The molecular weight excluding hydrogens is 1490 g/mol. The topological polar surface area (TPSA) is 205 Å². The van der Waals surface area contributed by atoms with Gasteiger partial charge in [0, 0.05) is 68.9 Å². The minimum absolute atomic E-state index is 0.297. The van der Waals surface area contributed by atoms with Crippen LogP contribution in [-0.4, -0.2) is 94.7 Å². The molecule has 3 unspecified atom stereocenters. The molecule has 1 radical (unpaired) electrons. The summed E-state index contributed by atoms with van der Waals surface area (Å²) in [4.78, 5) is 45.4. The molecule has 3 atom stereocenters. The van der Waals surface area contributed by atoms with Gasteiger partial charge in [0.15, 0.2) is 18.3 Å². The number of aryl methyl sites for hydroxylation is 6. The van der Waals surface area contributed by atoms with E-state index in [1.165, 1.54) is 45.8 Å². The SMILES string of the molecule is CCC[I-]C.CCOC(=O)C(OC(C)(C)C)c1c(C)sc(-c2ccoc2)c1-c1ccc2c(c1)CCCO2.CCOC(=O)C(OC(C)(C)C)c1c(C)sc(Cl)c1-c1ccc2c(c1)CCCO2.Cc1sc(-c2ccoc2)c(-c2ccc3c(c2)CCCO3)c1C(OC(C)(C)C)C(=O)O.O[B]c1ccoc1. The van der Waals surface area contributed by atoms with Crippen LogP contribution in [0, 0.1) is 20.8 Å². The molecule has 0 aliphatic carbocycles. The van der Waals surface area contributed by atoms with Gasteiger partial charge >= 0.3 is 69.3 Å². The molecule has 9 heterocycles. The quantitative estimate of drug-likeness (QED) is 0.0334. The number of carboxylic acid groups (broad SMARTS) is 1. The number of ether oxygens (including phenoxy) is 8. The van der Waals surface area contributed by atoms with Gasteiger partial charge in [0.1, 0.15) is 21.6 Å². The summed E-state index contributed by atoms with van der Waals surface area (Å²) < 4.78 is 64.1. The maximum atomic E-state index is 13.1. The summed E-state index contributed by atoms with van der Waals surface area (Å²) in [5.41, 5.74) is 12.5. The Morgan fingerprint density at radius 1 is 0.529 bits per heavy atom. The molecule has 16 nitrogen and oxygen atoms in total. The van der Waals surface area contributed by atoms with E-state index in [0.717, 1.165) is 169 Å². The molecule has 3 aliphatic rings. The number of furan rings is 3. The van der Waals surface area contributed by atoms with Crippen LogP contribution in [-0.2, 0) is 57.3 Å². The molecule has 0 saturated carbocycles. The third-order valence-corrected chi connectivity index (χ3v) is 21.8. The van der Waals surface area contributed by atoms with Crippen LogP contribution < -0.4 is 40.9 Å². The molecular formula is C80H97BClIO16S3-. The summed E-state index contributed by atoms with van der Waals surface area (Å²) in [6, 6.07) is 24.0. The van der Waals surface area contributed by atoms with E-state index in [1.807, 2.05) is 132 Å². The molecule has 0 saturated heterocycles. The summed E-state index contributed by atoms with van der Waals surface area (Å²) in [5, 5.41) is 18.3. The van der Waals surface area contributed by atoms with Crippen LogP contribution >= 0.6 is 45.6 Å². The first-order valence-corrected chi connectivity index (χ1v) is 41.0. The number of esters is 2. The standard InChI is InChI=1S/C26H30O5S.C24H26O5S.C22H27ClO4S.C4H4BO2.C4H10I/c1-6-29-25(27)23(31-26(3,4)5)21-16(2)32-24(19-11-13-28-15-19)22(21)18-9-10-20-17(14-18)8-7-12-30-20;1-14-19(21(23(25)26)29-24(2,3)4)20(22(30-14)17-9-11-27-13-17)16-7-8-18-15(12-16)6-5-10-28-18;1-6-25-21(24)19(27-22(3,4)5)17-13(2)28-20(23)18(17)15-9-10-16-14(12-15)8-7-11-26-16;6-5-4-1-2-7-3-4;1-3-4-5-2/h9-11,13-15,23H,6-8,12H2,1-5H3;7-9,11-13,21H,5-6,10H2,1-4H3,(H,25,26);9-10,12,19H,6-8,11H2,1-5H3;1-3,6H;3-4H2,1-2H3/q;;;;-1. The van der Waals surface area contributed by atoms with Crippen molar-refractivity contribution in [2.24, 2.45) is 0 Å². The number of thiophene rings is 3. The van der Waals surface area contributed by atoms with E-state index in [-0.39, 0.29) is 5.97 Å². The molecule has 0 fully saturated rings. The second kappa shape index (κ2) is 37.3. The maximum absolute atomic E-state index is 13.1. The number of carbonyl (C=O) groups is 3. The van der Waals surface area contributed by atoms with Crippen LogP contribution in [0.15, 0.2) is 124 Å². The third-order valence-electron chi connectivity index (χ3n) is 16.0. The molecule has 549 valence electrons. The molecule has 2 N–H and O–H groups in total. The zero-order valence-corrected chi connectivity index (χ0v) is 66.8. The Morgan fingerprint density at radius 3 is 1.23 bits per heavy atom. The molecule has 6 aromatic heterocycles. The summed E-state index contributed by atoms with van der Waals surface area (Å²) in [6.07, 6.45) is 14.2. The Balaban J connectivity index is 0.000000179. The van der Waals surface area contributed by atoms with Crippen molar-refractivity contribution < 1.29 is 96.9 Å². The Kier molecular flexibility index (Phi) is 29.7. The fraction of sp³-hybridized carbons (Fsp3) is 0.438. The molecule has 0 bridgehead atoms. The fourth-order valence-corrected chi connectivity index (χ4v) is 16.8. The van der Waals surface area contributed by atoms with Gasteiger partial charge in [0.05, 0.1) is 87.4 Å². The van der Waals surface area contributed by atoms with Gasteiger partial charge in [0.25, 0.3) is 0 Å². The van der Waals surface area contributed by atoms with Crippen LogP contribution in [0.2, 0.25) is 4.34 Å². The van der Waals surface area contributed by atoms with Crippen molar-refractivity contribution in [3.63, 3.8) is 0 Å². The predicted octanol–water partition coefficient (Wildman–Crippen LogP) is 16.7. The van der Waals surface area contributed by atoms with Gasteiger partial charge in [-0.3, -0.25) is 0 Å². The number of hydrogen-bond donors (Lipinski definition) is 2. The van der Waals surface area contributed by atoms with Crippen LogP contribution in [0.1, 0.15) is 175 Å². The fourth-order valence-electron chi connectivity index (χ4n) is 11.9. The van der Waals surface area contributed by atoms with Crippen LogP contribution in [0.4, 0.5) is 0 Å². The van der Waals surface area contributed by atoms with E-state index >= 15 is 0 Å². The average Bonchev–Trinajstić information content (AvgIpc) is 1.60. The summed E-state index contributed by atoms with van der Waals surface area (Å²) in [7, 11) is 0.990. The Hall–Kier alpha value is -6.67. The maximum Gasteiger partial charge on any atom is 0.340 e. The molecule has 9 aromatic rings. The van der Waals surface area contributed by atoms with Crippen LogP contribution in [0.3, 0.4) is 0 Å². The number of rotatable bonds is 19. The van der Waals surface area contributed by atoms with E-state index < -0.39 is 47.1 Å². The monoisotopic (exact) mass is 1580 g/mol. The van der Waals surface area contributed by atoms with E-state index in [0.29, 0.717) is 49.8 Å². The predicted molar refractivity (Wildman–Crippen MR) is 404 cm³/mol. The number of aliphatic carboxylic acids is 1. The summed E-state index contributed by atoms with van der Waals surface area (Å²) in [5.74, 6) is 1.01. The first-order chi connectivity index (χ1) is 48.6. The normalized spacial score (nSPS) is 14.1. The van der Waals surface area contributed by atoms with E-state index in [1.54, 1.807) is 60.7 Å².